The fraction of sp³-hybridized carbons (Fsp3) is 0.500. The Morgan fingerprint density at radius 1 is 1.12 bits per heavy atom. The van der Waals surface area contributed by atoms with Crippen LogP contribution in [0.3, 0.4) is 0 Å². The van der Waals surface area contributed by atoms with Crippen molar-refractivity contribution in [1.29, 1.82) is 5.41 Å². The molecule has 0 radical (unpaired) electrons. The summed E-state index contributed by atoms with van der Waals surface area (Å²) in [4.78, 5) is 0. The van der Waals surface area contributed by atoms with Gasteiger partial charge < -0.3 is 9.47 Å². The Labute approximate surface area is 102 Å². The lowest BCUT2D eigenvalue weighted by Gasteiger charge is -2.22. The van der Waals surface area contributed by atoms with E-state index in [1.165, 1.54) is 19.3 Å². The Kier molecular flexibility index (Phi) is 4.42. The maximum Gasteiger partial charge on any atom is 0.381 e. The molecule has 3 nitrogen and oxygen atoms in total. The molecule has 1 fully saturated rings. The molecule has 92 valence electrons. The van der Waals surface area contributed by atoms with Crippen LogP contribution in [0.1, 0.15) is 37.7 Å². The number of nitrogens with one attached hydrogen (secondary N) is 1. The fourth-order valence-electron chi connectivity index (χ4n) is 2.09. The second-order valence-corrected chi connectivity index (χ2v) is 4.44. The zero-order chi connectivity index (χ0) is 11.9. The highest BCUT2D eigenvalue weighted by molar-refractivity contribution is 5.63. The molecule has 0 spiro atoms. The van der Waals surface area contributed by atoms with Crippen molar-refractivity contribution in [3.05, 3.63) is 35.9 Å². The summed E-state index contributed by atoms with van der Waals surface area (Å²) in [6, 6.07) is 9.85. The molecule has 1 N–H and O–H groups in total. The second kappa shape index (κ2) is 6.28. The van der Waals surface area contributed by atoms with Crippen LogP contribution in [0.15, 0.2) is 30.3 Å². The minimum absolute atomic E-state index is 0.0410. The predicted octanol–water partition coefficient (Wildman–Crippen LogP) is 3.49. The zero-order valence-corrected chi connectivity index (χ0v) is 10.0. The average Bonchev–Trinajstić information content (AvgIpc) is 2.39. The summed E-state index contributed by atoms with van der Waals surface area (Å²) >= 11 is 0. The molecule has 1 saturated carbocycles. The van der Waals surface area contributed by atoms with Crippen LogP contribution in [0.25, 0.3) is 0 Å². The molecule has 2 rings (SSSR count). The lowest BCUT2D eigenvalue weighted by atomic mass is 9.98. The van der Waals surface area contributed by atoms with Crippen molar-refractivity contribution >= 4 is 6.08 Å². The summed E-state index contributed by atoms with van der Waals surface area (Å²) in [5, 5.41) is 7.63. The summed E-state index contributed by atoms with van der Waals surface area (Å²) in [6.45, 7) is 0.409. The standard InChI is InChI=1S/C14H19NO2/c15-14(17-13-9-5-2-6-10-13)16-11-12-7-3-1-4-8-12/h1,3-4,7-8,13,15H,2,5-6,9-11H2. The van der Waals surface area contributed by atoms with Crippen LogP contribution in [0.4, 0.5) is 0 Å². The van der Waals surface area contributed by atoms with Crippen molar-refractivity contribution in [3.8, 4) is 0 Å². The molecular formula is C14H19NO2. The van der Waals surface area contributed by atoms with Crippen molar-refractivity contribution in [1.82, 2.24) is 0 Å². The Hall–Kier alpha value is -1.51. The summed E-state index contributed by atoms with van der Waals surface area (Å²) in [5.74, 6) is 0. The molecule has 1 aromatic rings. The van der Waals surface area contributed by atoms with E-state index in [-0.39, 0.29) is 12.2 Å². The van der Waals surface area contributed by atoms with Crippen LogP contribution in [0.5, 0.6) is 0 Å². The largest absolute Gasteiger partial charge is 0.448 e. The lowest BCUT2D eigenvalue weighted by molar-refractivity contribution is 0.0760. The van der Waals surface area contributed by atoms with Crippen molar-refractivity contribution in [2.24, 2.45) is 0 Å². The van der Waals surface area contributed by atoms with Crippen LogP contribution in [0.2, 0.25) is 0 Å². The minimum atomic E-state index is -0.0410. The van der Waals surface area contributed by atoms with E-state index in [4.69, 9.17) is 14.9 Å². The maximum absolute atomic E-state index is 7.63. The minimum Gasteiger partial charge on any atom is -0.448 e. The number of benzene rings is 1. The van der Waals surface area contributed by atoms with Crippen LogP contribution in [-0.4, -0.2) is 12.2 Å². The van der Waals surface area contributed by atoms with E-state index in [1.807, 2.05) is 30.3 Å². The van der Waals surface area contributed by atoms with E-state index in [9.17, 15) is 0 Å². The number of ether oxygens (including phenoxy) is 2. The van der Waals surface area contributed by atoms with Crippen molar-refractivity contribution in [2.45, 2.75) is 44.8 Å². The van der Waals surface area contributed by atoms with Gasteiger partial charge in [0.15, 0.2) is 0 Å². The van der Waals surface area contributed by atoms with Gasteiger partial charge in [0.1, 0.15) is 12.7 Å². The van der Waals surface area contributed by atoms with Crippen LogP contribution in [-0.2, 0) is 16.1 Å². The highest BCUT2D eigenvalue weighted by Crippen LogP contribution is 2.20. The van der Waals surface area contributed by atoms with E-state index >= 15 is 0 Å². The van der Waals surface area contributed by atoms with E-state index in [0.717, 1.165) is 18.4 Å². The number of hydrogen-bond acceptors (Lipinski definition) is 3. The van der Waals surface area contributed by atoms with E-state index in [1.54, 1.807) is 0 Å². The van der Waals surface area contributed by atoms with Crippen molar-refractivity contribution in [2.75, 3.05) is 0 Å². The monoisotopic (exact) mass is 233 g/mol. The summed E-state index contributed by atoms with van der Waals surface area (Å²) in [6.07, 6.45) is 5.95. The van der Waals surface area contributed by atoms with E-state index in [2.05, 4.69) is 0 Å². The quantitative estimate of drug-likeness (QED) is 0.641. The van der Waals surface area contributed by atoms with Gasteiger partial charge in [0, 0.05) is 0 Å². The summed E-state index contributed by atoms with van der Waals surface area (Å²) in [5.41, 5.74) is 1.06. The van der Waals surface area contributed by atoms with Gasteiger partial charge in [-0.2, -0.15) is 0 Å². The first-order valence-corrected chi connectivity index (χ1v) is 6.26. The van der Waals surface area contributed by atoms with Gasteiger partial charge in [-0.3, -0.25) is 0 Å². The molecule has 0 saturated heterocycles. The first-order valence-electron chi connectivity index (χ1n) is 6.26. The van der Waals surface area contributed by atoms with Gasteiger partial charge in [0.25, 0.3) is 0 Å². The molecule has 1 aromatic carbocycles. The predicted molar refractivity (Wildman–Crippen MR) is 66.9 cm³/mol. The Morgan fingerprint density at radius 2 is 1.82 bits per heavy atom. The van der Waals surface area contributed by atoms with Gasteiger partial charge in [0.05, 0.1) is 0 Å². The average molecular weight is 233 g/mol. The number of hydrogen-bond donors (Lipinski definition) is 1. The molecule has 3 heteroatoms. The van der Waals surface area contributed by atoms with Gasteiger partial charge in [-0.15, -0.1) is 0 Å². The zero-order valence-electron chi connectivity index (χ0n) is 10.0. The van der Waals surface area contributed by atoms with E-state index < -0.39 is 0 Å². The smallest absolute Gasteiger partial charge is 0.381 e. The third-order valence-corrected chi connectivity index (χ3v) is 3.04. The normalized spacial score (nSPS) is 16.5. The molecule has 1 aliphatic carbocycles. The van der Waals surface area contributed by atoms with Crippen molar-refractivity contribution < 1.29 is 9.47 Å². The molecule has 0 bridgehead atoms. The highest BCUT2D eigenvalue weighted by atomic mass is 16.7. The molecule has 0 heterocycles. The summed E-state index contributed by atoms with van der Waals surface area (Å²) in [7, 11) is 0. The molecular weight excluding hydrogens is 214 g/mol. The molecule has 0 aromatic heterocycles. The highest BCUT2D eigenvalue weighted by Gasteiger charge is 2.16. The van der Waals surface area contributed by atoms with Crippen LogP contribution in [0, 0.1) is 5.41 Å². The lowest BCUT2D eigenvalue weighted by Crippen LogP contribution is -2.21. The number of rotatable bonds is 3. The molecule has 0 amide bonds. The van der Waals surface area contributed by atoms with Crippen molar-refractivity contribution in [3.63, 3.8) is 0 Å². The second-order valence-electron chi connectivity index (χ2n) is 4.44. The van der Waals surface area contributed by atoms with E-state index in [0.29, 0.717) is 6.61 Å². The van der Waals surface area contributed by atoms with Gasteiger partial charge >= 0.3 is 6.08 Å². The van der Waals surface area contributed by atoms with Gasteiger partial charge in [-0.25, -0.2) is 5.41 Å². The topological polar surface area (TPSA) is 42.3 Å². The first-order chi connectivity index (χ1) is 8.34. The Bertz CT molecular complexity index is 344. The fourth-order valence-corrected chi connectivity index (χ4v) is 2.09. The third kappa shape index (κ3) is 4.10. The van der Waals surface area contributed by atoms with Gasteiger partial charge in [-0.1, -0.05) is 36.8 Å². The molecule has 17 heavy (non-hydrogen) atoms. The van der Waals surface area contributed by atoms with Crippen LogP contribution < -0.4 is 0 Å². The summed E-state index contributed by atoms with van der Waals surface area (Å²) < 4.78 is 10.8. The molecule has 0 unspecified atom stereocenters. The van der Waals surface area contributed by atoms with Gasteiger partial charge in [-0.05, 0) is 31.2 Å². The maximum atomic E-state index is 7.63. The van der Waals surface area contributed by atoms with Crippen LogP contribution >= 0.6 is 0 Å². The Balaban J connectivity index is 1.70. The molecule has 1 aliphatic rings. The van der Waals surface area contributed by atoms with Gasteiger partial charge in [0.2, 0.25) is 0 Å². The first kappa shape index (κ1) is 12.0. The third-order valence-electron chi connectivity index (χ3n) is 3.04. The molecule has 0 aliphatic heterocycles. The Morgan fingerprint density at radius 3 is 2.53 bits per heavy atom. The molecule has 0 atom stereocenters. The SMILES string of the molecule is N=C(OCc1ccccc1)OC1CCCCC1.